The number of carbonyl (C=O) groups is 2. The summed E-state index contributed by atoms with van der Waals surface area (Å²) in [5.74, 6) is -2.05. The number of aromatic carboxylic acids is 1. The highest BCUT2D eigenvalue weighted by molar-refractivity contribution is 7.89. The third-order valence-corrected chi connectivity index (χ3v) is 5.44. The second-order valence-electron chi connectivity index (χ2n) is 5.48. The molecule has 1 aromatic heterocycles. The fourth-order valence-electron chi connectivity index (χ4n) is 2.24. The zero-order chi connectivity index (χ0) is 19.3. The monoisotopic (exact) mass is 378 g/mol. The average molecular weight is 378 g/mol. The van der Waals surface area contributed by atoms with Crippen LogP contribution in [0.2, 0.25) is 0 Å². The first-order valence-electron chi connectivity index (χ1n) is 7.56. The zero-order valence-corrected chi connectivity index (χ0v) is 15.1. The number of hydrogen-bond acceptors (Lipinski definition) is 6. The molecule has 0 saturated heterocycles. The van der Waals surface area contributed by atoms with Crippen molar-refractivity contribution in [2.45, 2.75) is 18.4 Å². The number of rotatable bonds is 7. The number of hydrogen-bond donors (Lipinski definition) is 1. The Morgan fingerprint density at radius 2 is 1.85 bits per heavy atom. The third kappa shape index (κ3) is 4.44. The van der Waals surface area contributed by atoms with Gasteiger partial charge in [0.05, 0.1) is 12.0 Å². The molecule has 1 N–H and O–H groups in total. The highest BCUT2D eigenvalue weighted by Gasteiger charge is 2.28. The van der Waals surface area contributed by atoms with Gasteiger partial charge in [-0.15, -0.1) is 0 Å². The first-order chi connectivity index (χ1) is 12.3. The van der Waals surface area contributed by atoms with Gasteiger partial charge in [-0.05, 0) is 25.1 Å². The number of aryl methyl sites for hydroxylation is 1. The van der Waals surface area contributed by atoms with Crippen LogP contribution in [0, 0.1) is 6.92 Å². The van der Waals surface area contributed by atoms with Crippen LogP contribution in [-0.4, -0.2) is 48.4 Å². The van der Waals surface area contributed by atoms with Gasteiger partial charge in [-0.1, -0.05) is 23.8 Å². The van der Waals surface area contributed by atoms with E-state index < -0.39 is 28.5 Å². The van der Waals surface area contributed by atoms with Gasteiger partial charge in [0.1, 0.15) is 6.54 Å². The molecule has 0 unspecified atom stereocenters. The molecule has 0 aliphatic heterocycles. The highest BCUT2D eigenvalue weighted by atomic mass is 32.2. The Bertz CT molecular complexity index is 909. The molecule has 0 fully saturated rings. The number of nitrogens with zero attached hydrogens (tertiary/aromatic N) is 2. The molecule has 2 aromatic rings. The number of sulfonamides is 1. The molecule has 138 valence electrons. The molecule has 8 nitrogen and oxygen atoms in total. The van der Waals surface area contributed by atoms with E-state index in [0.29, 0.717) is 0 Å². The number of pyridine rings is 1. The SMILES string of the molecule is COC(=O)CN(Cc1cccnc1C(=O)O)S(=O)(=O)c1ccc(C)cc1. The van der Waals surface area contributed by atoms with Crippen molar-refractivity contribution in [3.63, 3.8) is 0 Å². The van der Waals surface area contributed by atoms with Gasteiger partial charge in [0.2, 0.25) is 10.0 Å². The number of carbonyl (C=O) groups excluding carboxylic acids is 1. The number of carboxylic acid groups (broad SMARTS) is 1. The fourth-order valence-corrected chi connectivity index (χ4v) is 3.61. The Morgan fingerprint density at radius 1 is 1.19 bits per heavy atom. The van der Waals surface area contributed by atoms with Crippen LogP contribution in [-0.2, 0) is 26.1 Å². The Hall–Kier alpha value is -2.78. The number of ether oxygens (including phenoxy) is 1. The second kappa shape index (κ2) is 8.07. The van der Waals surface area contributed by atoms with Gasteiger partial charge in [0.25, 0.3) is 0 Å². The van der Waals surface area contributed by atoms with Crippen LogP contribution in [0.25, 0.3) is 0 Å². The van der Waals surface area contributed by atoms with E-state index in [-0.39, 0.29) is 22.7 Å². The predicted molar refractivity (Wildman–Crippen MR) is 92.0 cm³/mol. The molecule has 0 aliphatic carbocycles. The van der Waals surface area contributed by atoms with Gasteiger partial charge >= 0.3 is 11.9 Å². The van der Waals surface area contributed by atoms with Gasteiger partial charge in [0, 0.05) is 18.3 Å². The van der Waals surface area contributed by atoms with Gasteiger partial charge in [0.15, 0.2) is 5.69 Å². The number of methoxy groups -OCH3 is 1. The lowest BCUT2D eigenvalue weighted by Gasteiger charge is -2.21. The third-order valence-electron chi connectivity index (χ3n) is 3.63. The van der Waals surface area contributed by atoms with Crippen LogP contribution < -0.4 is 0 Å². The molecule has 0 aliphatic rings. The van der Waals surface area contributed by atoms with Crippen LogP contribution in [0.4, 0.5) is 0 Å². The largest absolute Gasteiger partial charge is 0.477 e. The first-order valence-corrected chi connectivity index (χ1v) is 9.00. The summed E-state index contributed by atoms with van der Waals surface area (Å²) < 4.78 is 31.3. The summed E-state index contributed by atoms with van der Waals surface area (Å²) in [5.41, 5.74) is 0.768. The van der Waals surface area contributed by atoms with Gasteiger partial charge in [-0.25, -0.2) is 18.2 Å². The van der Waals surface area contributed by atoms with Crippen LogP contribution in [0.15, 0.2) is 47.5 Å². The highest BCUT2D eigenvalue weighted by Crippen LogP contribution is 2.20. The van der Waals surface area contributed by atoms with Crippen molar-refractivity contribution in [1.29, 1.82) is 0 Å². The van der Waals surface area contributed by atoms with E-state index in [0.717, 1.165) is 17.0 Å². The second-order valence-corrected chi connectivity index (χ2v) is 7.42. The van der Waals surface area contributed by atoms with Crippen LogP contribution in [0.3, 0.4) is 0 Å². The van der Waals surface area contributed by atoms with E-state index in [1.54, 1.807) is 12.1 Å². The molecule has 1 aromatic carbocycles. The maximum atomic E-state index is 12.9. The minimum Gasteiger partial charge on any atom is -0.477 e. The Labute approximate surface area is 151 Å². The molecule has 0 spiro atoms. The molecule has 26 heavy (non-hydrogen) atoms. The smallest absolute Gasteiger partial charge is 0.354 e. The maximum absolute atomic E-state index is 12.9. The van der Waals surface area contributed by atoms with Crippen LogP contribution >= 0.6 is 0 Å². The summed E-state index contributed by atoms with van der Waals surface area (Å²) in [4.78, 5) is 26.8. The minimum atomic E-state index is -4.05. The van der Waals surface area contributed by atoms with E-state index >= 15 is 0 Å². The van der Waals surface area contributed by atoms with Crippen LogP contribution in [0.1, 0.15) is 21.6 Å². The molecule has 9 heteroatoms. The molecule has 0 radical (unpaired) electrons. The molecule has 0 saturated carbocycles. The molecular formula is C17H18N2O6S. The van der Waals surface area contributed by atoms with E-state index in [9.17, 15) is 23.1 Å². The predicted octanol–water partition coefficient (Wildman–Crippen LogP) is 1.45. The normalized spacial score (nSPS) is 11.3. The van der Waals surface area contributed by atoms with Gasteiger partial charge < -0.3 is 9.84 Å². The van der Waals surface area contributed by atoms with E-state index in [1.807, 2.05) is 6.92 Å². The Balaban J connectivity index is 2.45. The van der Waals surface area contributed by atoms with E-state index in [4.69, 9.17) is 0 Å². The summed E-state index contributed by atoms with van der Waals surface area (Å²) in [6, 6.07) is 9.07. The Kier molecular flexibility index (Phi) is 6.06. The number of esters is 1. The molecule has 0 amide bonds. The lowest BCUT2D eigenvalue weighted by atomic mass is 10.2. The van der Waals surface area contributed by atoms with E-state index in [2.05, 4.69) is 9.72 Å². The van der Waals surface area contributed by atoms with Crippen molar-refractivity contribution in [2.75, 3.05) is 13.7 Å². The van der Waals surface area contributed by atoms with Crippen molar-refractivity contribution in [2.24, 2.45) is 0 Å². The Morgan fingerprint density at radius 3 is 2.42 bits per heavy atom. The van der Waals surface area contributed by atoms with Crippen molar-refractivity contribution >= 4 is 22.0 Å². The van der Waals surface area contributed by atoms with E-state index in [1.165, 1.54) is 30.5 Å². The molecule has 1 heterocycles. The first kappa shape index (κ1) is 19.5. The van der Waals surface area contributed by atoms with Crippen LogP contribution in [0.5, 0.6) is 0 Å². The van der Waals surface area contributed by atoms with Gasteiger partial charge in [-0.3, -0.25) is 4.79 Å². The van der Waals surface area contributed by atoms with Crippen molar-refractivity contribution in [3.8, 4) is 0 Å². The minimum absolute atomic E-state index is 0.00670. The summed E-state index contributed by atoms with van der Waals surface area (Å²) in [6.07, 6.45) is 1.30. The summed E-state index contributed by atoms with van der Waals surface area (Å²) in [5, 5.41) is 9.23. The number of benzene rings is 1. The maximum Gasteiger partial charge on any atom is 0.354 e. The summed E-state index contributed by atoms with van der Waals surface area (Å²) >= 11 is 0. The molecule has 0 bridgehead atoms. The number of carboxylic acids is 1. The van der Waals surface area contributed by atoms with Crippen molar-refractivity contribution in [1.82, 2.24) is 9.29 Å². The molecule has 0 atom stereocenters. The quantitative estimate of drug-likeness (QED) is 0.725. The van der Waals surface area contributed by atoms with Crippen molar-refractivity contribution < 1.29 is 27.9 Å². The fraction of sp³-hybridized carbons (Fsp3) is 0.235. The number of aromatic nitrogens is 1. The lowest BCUT2D eigenvalue weighted by Crippen LogP contribution is -2.36. The lowest BCUT2D eigenvalue weighted by molar-refractivity contribution is -0.140. The molecular weight excluding hydrogens is 360 g/mol. The van der Waals surface area contributed by atoms with Crippen molar-refractivity contribution in [3.05, 3.63) is 59.4 Å². The van der Waals surface area contributed by atoms with Gasteiger partial charge in [-0.2, -0.15) is 4.31 Å². The standard InChI is InChI=1S/C17H18N2O6S/c1-12-5-7-14(8-6-12)26(23,24)19(11-15(20)25-2)10-13-4-3-9-18-16(13)17(21)22/h3-9H,10-11H2,1-2H3,(H,21,22). The zero-order valence-electron chi connectivity index (χ0n) is 14.2. The average Bonchev–Trinajstić information content (AvgIpc) is 2.61. The summed E-state index contributed by atoms with van der Waals surface area (Å²) in [7, 11) is -2.91. The molecule has 2 rings (SSSR count). The topological polar surface area (TPSA) is 114 Å². The summed E-state index contributed by atoms with van der Waals surface area (Å²) in [6.45, 7) is 0.929.